The minimum absolute atomic E-state index is 0.0730. The van der Waals surface area contributed by atoms with Crippen molar-refractivity contribution >= 4 is 16.8 Å². The molecular formula is C22H29N5O3. The molecule has 1 aliphatic carbocycles. The zero-order valence-corrected chi connectivity index (χ0v) is 17.3. The molecule has 0 radical (unpaired) electrons. The molecule has 2 heterocycles. The minimum Gasteiger partial charge on any atom is -0.382 e. The molecule has 1 saturated carbocycles. The molecule has 8 heteroatoms. The van der Waals surface area contributed by atoms with Crippen molar-refractivity contribution in [2.24, 2.45) is 5.73 Å². The molecular weight excluding hydrogens is 382 g/mol. The van der Waals surface area contributed by atoms with Crippen LogP contribution in [0.2, 0.25) is 0 Å². The van der Waals surface area contributed by atoms with Crippen molar-refractivity contribution in [3.05, 3.63) is 48.2 Å². The Labute approximate surface area is 175 Å². The van der Waals surface area contributed by atoms with E-state index in [1.54, 1.807) is 19.6 Å². The standard InChI is InChI=1S/C22H29N5O3/c1-29-8-9-30-18-4-2-16(3-5-18)26-22(28)20-11-17(27-7-6-24-14-27)10-19-15(12-23)13-25-21(19)20/h6-7,10-11,13-14,16,18,25H,2-5,8-9,12,23H2,1H3,(H,26,28). The van der Waals surface area contributed by atoms with Gasteiger partial charge in [-0.05, 0) is 43.4 Å². The molecule has 0 unspecified atom stereocenters. The Bertz CT molecular complexity index is 974. The quantitative estimate of drug-likeness (QED) is 0.494. The predicted molar refractivity (Wildman–Crippen MR) is 115 cm³/mol. The molecule has 0 atom stereocenters. The van der Waals surface area contributed by atoms with Gasteiger partial charge in [0.05, 0.1) is 36.7 Å². The van der Waals surface area contributed by atoms with E-state index in [0.29, 0.717) is 25.3 Å². The number of imidazole rings is 1. The molecule has 0 aliphatic heterocycles. The number of ether oxygens (including phenoxy) is 2. The number of aromatic amines is 1. The number of nitrogens with two attached hydrogens (primary N) is 1. The van der Waals surface area contributed by atoms with Gasteiger partial charge in [0.25, 0.3) is 5.91 Å². The van der Waals surface area contributed by atoms with Crippen molar-refractivity contribution < 1.29 is 14.3 Å². The summed E-state index contributed by atoms with van der Waals surface area (Å²) in [4.78, 5) is 20.6. The molecule has 3 aromatic rings. The molecule has 8 nitrogen and oxygen atoms in total. The van der Waals surface area contributed by atoms with Gasteiger partial charge in [-0.3, -0.25) is 4.79 Å². The normalized spacial score (nSPS) is 19.3. The molecule has 1 aromatic carbocycles. The predicted octanol–water partition coefficient (Wildman–Crippen LogP) is 2.52. The van der Waals surface area contributed by atoms with E-state index in [1.165, 1.54) is 0 Å². The molecule has 4 N–H and O–H groups in total. The fourth-order valence-electron chi connectivity index (χ4n) is 4.12. The second kappa shape index (κ2) is 9.42. The number of aromatic nitrogens is 3. The van der Waals surface area contributed by atoms with Crippen molar-refractivity contribution in [2.45, 2.75) is 44.4 Å². The number of methoxy groups -OCH3 is 1. The first-order chi connectivity index (χ1) is 14.7. The number of H-pyrrole nitrogens is 1. The Morgan fingerprint density at radius 2 is 2.13 bits per heavy atom. The average molecular weight is 412 g/mol. The van der Waals surface area contributed by atoms with E-state index < -0.39 is 0 Å². The summed E-state index contributed by atoms with van der Waals surface area (Å²) in [6.07, 6.45) is 11.1. The van der Waals surface area contributed by atoms with Gasteiger partial charge in [-0.1, -0.05) is 0 Å². The third kappa shape index (κ3) is 4.40. The number of carbonyl (C=O) groups is 1. The van der Waals surface area contributed by atoms with Crippen LogP contribution in [0.1, 0.15) is 41.6 Å². The van der Waals surface area contributed by atoms with Gasteiger partial charge in [0.2, 0.25) is 0 Å². The summed E-state index contributed by atoms with van der Waals surface area (Å²) >= 11 is 0. The Kier molecular flexibility index (Phi) is 6.47. The lowest BCUT2D eigenvalue weighted by Crippen LogP contribution is -2.39. The largest absolute Gasteiger partial charge is 0.382 e. The molecule has 1 aliphatic rings. The second-order valence-corrected chi connectivity index (χ2v) is 7.71. The van der Waals surface area contributed by atoms with Crippen molar-refractivity contribution in [3.8, 4) is 5.69 Å². The zero-order valence-electron chi connectivity index (χ0n) is 17.3. The Balaban J connectivity index is 1.50. The van der Waals surface area contributed by atoms with Crippen LogP contribution < -0.4 is 11.1 Å². The van der Waals surface area contributed by atoms with E-state index >= 15 is 0 Å². The van der Waals surface area contributed by atoms with Crippen molar-refractivity contribution in [2.75, 3.05) is 20.3 Å². The van der Waals surface area contributed by atoms with Gasteiger partial charge in [-0.25, -0.2) is 4.98 Å². The van der Waals surface area contributed by atoms with Crippen LogP contribution in [0.4, 0.5) is 0 Å². The summed E-state index contributed by atoms with van der Waals surface area (Å²) in [5.41, 5.74) is 9.20. The Morgan fingerprint density at radius 3 is 2.83 bits per heavy atom. The van der Waals surface area contributed by atoms with E-state index in [9.17, 15) is 4.79 Å². The number of nitrogens with one attached hydrogen (secondary N) is 2. The van der Waals surface area contributed by atoms with Crippen molar-refractivity contribution in [3.63, 3.8) is 0 Å². The summed E-state index contributed by atoms with van der Waals surface area (Å²) in [5, 5.41) is 4.18. The van der Waals surface area contributed by atoms with Crippen molar-refractivity contribution in [1.82, 2.24) is 19.9 Å². The van der Waals surface area contributed by atoms with Crippen LogP contribution in [0.5, 0.6) is 0 Å². The van der Waals surface area contributed by atoms with Crippen LogP contribution in [0.25, 0.3) is 16.6 Å². The maximum Gasteiger partial charge on any atom is 0.253 e. The average Bonchev–Trinajstić information content (AvgIpc) is 3.44. The molecule has 1 fully saturated rings. The van der Waals surface area contributed by atoms with Crippen LogP contribution in [-0.4, -0.2) is 52.9 Å². The number of hydrogen-bond donors (Lipinski definition) is 3. The number of carbonyl (C=O) groups excluding carboxylic acids is 1. The van der Waals surface area contributed by atoms with Gasteiger partial charge in [-0.2, -0.15) is 0 Å². The molecule has 0 spiro atoms. The molecule has 0 bridgehead atoms. The SMILES string of the molecule is COCCOC1CCC(NC(=O)c2cc(-n3ccnc3)cc3c(CN)c[nH]c23)CC1. The molecule has 160 valence electrons. The first kappa shape index (κ1) is 20.6. The van der Waals surface area contributed by atoms with Gasteiger partial charge >= 0.3 is 0 Å². The Morgan fingerprint density at radius 1 is 1.30 bits per heavy atom. The van der Waals surface area contributed by atoms with Gasteiger partial charge in [-0.15, -0.1) is 0 Å². The van der Waals surface area contributed by atoms with Crippen LogP contribution in [0, 0.1) is 0 Å². The van der Waals surface area contributed by atoms with E-state index in [1.807, 2.05) is 29.1 Å². The maximum atomic E-state index is 13.2. The van der Waals surface area contributed by atoms with Crippen molar-refractivity contribution in [1.29, 1.82) is 0 Å². The third-order valence-corrected chi connectivity index (χ3v) is 5.78. The fourth-order valence-corrected chi connectivity index (χ4v) is 4.12. The molecule has 2 aromatic heterocycles. The minimum atomic E-state index is -0.0730. The number of nitrogens with zero attached hydrogens (tertiary/aromatic N) is 2. The summed E-state index contributed by atoms with van der Waals surface area (Å²) in [6, 6.07) is 4.08. The van der Waals surface area contributed by atoms with Crippen LogP contribution in [0.15, 0.2) is 37.1 Å². The van der Waals surface area contributed by atoms with Crippen LogP contribution in [-0.2, 0) is 16.0 Å². The van der Waals surface area contributed by atoms with Gasteiger partial charge in [0.15, 0.2) is 0 Å². The smallest absolute Gasteiger partial charge is 0.253 e. The highest BCUT2D eigenvalue weighted by Gasteiger charge is 2.24. The lowest BCUT2D eigenvalue weighted by atomic mass is 9.92. The van der Waals surface area contributed by atoms with E-state index in [-0.39, 0.29) is 18.1 Å². The highest BCUT2D eigenvalue weighted by Crippen LogP contribution is 2.27. The lowest BCUT2D eigenvalue weighted by Gasteiger charge is -2.29. The van der Waals surface area contributed by atoms with E-state index in [0.717, 1.165) is 47.8 Å². The van der Waals surface area contributed by atoms with Gasteiger partial charge < -0.3 is 30.1 Å². The topological polar surface area (TPSA) is 107 Å². The first-order valence-electron chi connectivity index (χ1n) is 10.4. The highest BCUT2D eigenvalue weighted by molar-refractivity contribution is 6.07. The summed E-state index contributed by atoms with van der Waals surface area (Å²) in [5.74, 6) is -0.0730. The van der Waals surface area contributed by atoms with Crippen LogP contribution in [0.3, 0.4) is 0 Å². The second-order valence-electron chi connectivity index (χ2n) is 7.71. The number of rotatable bonds is 8. The number of amides is 1. The summed E-state index contributed by atoms with van der Waals surface area (Å²) in [6.45, 7) is 1.63. The third-order valence-electron chi connectivity index (χ3n) is 5.78. The maximum absolute atomic E-state index is 13.2. The van der Waals surface area contributed by atoms with Gasteiger partial charge in [0.1, 0.15) is 0 Å². The number of benzene rings is 1. The number of fused-ring (bicyclic) bond motifs is 1. The summed E-state index contributed by atoms with van der Waals surface area (Å²) < 4.78 is 12.8. The monoisotopic (exact) mass is 411 g/mol. The summed E-state index contributed by atoms with van der Waals surface area (Å²) in [7, 11) is 1.68. The van der Waals surface area contributed by atoms with Gasteiger partial charge in [0, 0.05) is 49.4 Å². The van der Waals surface area contributed by atoms with E-state index in [4.69, 9.17) is 15.2 Å². The van der Waals surface area contributed by atoms with Crippen LogP contribution >= 0.6 is 0 Å². The Hall–Kier alpha value is -2.68. The molecule has 1 amide bonds. The first-order valence-corrected chi connectivity index (χ1v) is 10.4. The molecule has 30 heavy (non-hydrogen) atoms. The molecule has 4 rings (SSSR count). The zero-order chi connectivity index (χ0) is 20.9. The highest BCUT2D eigenvalue weighted by atomic mass is 16.5. The fraction of sp³-hybridized carbons (Fsp3) is 0.455. The number of hydrogen-bond acceptors (Lipinski definition) is 5. The van der Waals surface area contributed by atoms with E-state index in [2.05, 4.69) is 15.3 Å². The molecule has 0 saturated heterocycles. The lowest BCUT2D eigenvalue weighted by molar-refractivity contribution is -0.00408.